The van der Waals surface area contributed by atoms with Gasteiger partial charge in [0.2, 0.25) is 5.91 Å². The van der Waals surface area contributed by atoms with Gasteiger partial charge in [-0.3, -0.25) is 9.59 Å². The number of carbonyl (C=O) groups is 2. The van der Waals surface area contributed by atoms with E-state index in [2.05, 4.69) is 10.6 Å². The Morgan fingerprint density at radius 1 is 1.00 bits per heavy atom. The second-order valence-corrected chi connectivity index (χ2v) is 7.76. The standard InChI is InChI=1S/C23H27ClN2O3/c24-18-12-10-17(11-13-18)16-29-21-9-5-4-8-20(21)23(28)25-15-14-22(27)26-19-6-2-1-3-7-19/h4-5,8-13,19H,1-3,6-7,14-16H2,(H,25,28)(H,26,27). The predicted molar refractivity (Wildman–Crippen MR) is 114 cm³/mol. The maximum Gasteiger partial charge on any atom is 0.255 e. The van der Waals surface area contributed by atoms with E-state index < -0.39 is 0 Å². The summed E-state index contributed by atoms with van der Waals surface area (Å²) in [5, 5.41) is 6.55. The van der Waals surface area contributed by atoms with E-state index in [4.69, 9.17) is 16.3 Å². The van der Waals surface area contributed by atoms with E-state index in [1.807, 2.05) is 18.2 Å². The fourth-order valence-corrected chi connectivity index (χ4v) is 3.58. The highest BCUT2D eigenvalue weighted by Crippen LogP contribution is 2.20. The van der Waals surface area contributed by atoms with Gasteiger partial charge in [0.05, 0.1) is 5.56 Å². The van der Waals surface area contributed by atoms with Gasteiger partial charge in [0.25, 0.3) is 5.91 Å². The molecule has 6 heteroatoms. The smallest absolute Gasteiger partial charge is 0.255 e. The minimum absolute atomic E-state index is 0.00975. The van der Waals surface area contributed by atoms with Gasteiger partial charge in [-0.25, -0.2) is 0 Å². The third kappa shape index (κ3) is 6.79. The monoisotopic (exact) mass is 414 g/mol. The van der Waals surface area contributed by atoms with Crippen LogP contribution < -0.4 is 15.4 Å². The van der Waals surface area contributed by atoms with Crippen molar-refractivity contribution in [2.45, 2.75) is 51.2 Å². The molecule has 0 heterocycles. The molecule has 0 aromatic heterocycles. The van der Waals surface area contributed by atoms with Crippen LogP contribution in [0.15, 0.2) is 48.5 Å². The lowest BCUT2D eigenvalue weighted by Gasteiger charge is -2.22. The second kappa shape index (κ2) is 10.9. The van der Waals surface area contributed by atoms with Gasteiger partial charge in [-0.2, -0.15) is 0 Å². The minimum atomic E-state index is -0.248. The number of rotatable bonds is 8. The molecule has 3 rings (SSSR count). The molecule has 1 aliphatic carbocycles. The highest BCUT2D eigenvalue weighted by molar-refractivity contribution is 6.30. The Labute approximate surface area is 176 Å². The summed E-state index contributed by atoms with van der Waals surface area (Å²) in [6.45, 7) is 0.633. The zero-order valence-electron chi connectivity index (χ0n) is 16.5. The maximum atomic E-state index is 12.6. The third-order valence-electron chi connectivity index (χ3n) is 5.05. The highest BCUT2D eigenvalue weighted by Gasteiger charge is 2.16. The lowest BCUT2D eigenvalue weighted by Crippen LogP contribution is -2.38. The van der Waals surface area contributed by atoms with Crippen LogP contribution in [0.2, 0.25) is 5.02 Å². The van der Waals surface area contributed by atoms with Crippen LogP contribution >= 0.6 is 11.6 Å². The van der Waals surface area contributed by atoms with Crippen molar-refractivity contribution in [2.75, 3.05) is 6.54 Å². The van der Waals surface area contributed by atoms with Crippen molar-refractivity contribution in [3.8, 4) is 5.75 Å². The molecule has 0 bridgehead atoms. The summed E-state index contributed by atoms with van der Waals surface area (Å²) in [5.74, 6) is 0.248. The molecule has 1 saturated carbocycles. The first kappa shape index (κ1) is 21.2. The minimum Gasteiger partial charge on any atom is -0.488 e. The summed E-state index contributed by atoms with van der Waals surface area (Å²) in [4.78, 5) is 24.6. The molecule has 0 unspecified atom stereocenters. The zero-order chi connectivity index (χ0) is 20.5. The van der Waals surface area contributed by atoms with Crippen molar-refractivity contribution in [3.05, 3.63) is 64.7 Å². The molecule has 0 aliphatic heterocycles. The summed E-state index contributed by atoms with van der Waals surface area (Å²) < 4.78 is 5.83. The van der Waals surface area contributed by atoms with Gasteiger partial charge < -0.3 is 15.4 Å². The van der Waals surface area contributed by atoms with Gasteiger partial charge >= 0.3 is 0 Å². The molecule has 29 heavy (non-hydrogen) atoms. The fourth-order valence-electron chi connectivity index (χ4n) is 3.45. The summed E-state index contributed by atoms with van der Waals surface area (Å²) >= 11 is 5.90. The summed E-state index contributed by atoms with van der Waals surface area (Å²) in [6, 6.07) is 14.8. The largest absolute Gasteiger partial charge is 0.488 e. The molecule has 2 N–H and O–H groups in total. The Kier molecular flexibility index (Phi) is 7.94. The molecule has 2 aromatic rings. The molecular formula is C23H27ClN2O3. The zero-order valence-corrected chi connectivity index (χ0v) is 17.2. The fraction of sp³-hybridized carbons (Fsp3) is 0.391. The van der Waals surface area contributed by atoms with Gasteiger partial charge in [-0.05, 0) is 42.7 Å². The molecule has 2 amide bonds. The number of nitrogens with one attached hydrogen (secondary N) is 2. The third-order valence-corrected chi connectivity index (χ3v) is 5.30. The number of benzene rings is 2. The summed E-state index contributed by atoms with van der Waals surface area (Å²) in [6.07, 6.45) is 5.98. The molecule has 1 aliphatic rings. The van der Waals surface area contributed by atoms with E-state index in [9.17, 15) is 9.59 Å². The Morgan fingerprint density at radius 3 is 2.48 bits per heavy atom. The van der Waals surface area contributed by atoms with E-state index in [-0.39, 0.29) is 24.3 Å². The van der Waals surface area contributed by atoms with Gasteiger partial charge in [-0.1, -0.05) is 55.1 Å². The van der Waals surface area contributed by atoms with Crippen molar-refractivity contribution in [2.24, 2.45) is 0 Å². The highest BCUT2D eigenvalue weighted by atomic mass is 35.5. The SMILES string of the molecule is O=C(CCNC(=O)c1ccccc1OCc1ccc(Cl)cc1)NC1CCCCC1. The Balaban J connectivity index is 1.47. The van der Waals surface area contributed by atoms with Crippen molar-refractivity contribution in [3.63, 3.8) is 0 Å². The quantitative estimate of drug-likeness (QED) is 0.668. The van der Waals surface area contributed by atoms with Crippen LogP contribution in [0, 0.1) is 0 Å². The van der Waals surface area contributed by atoms with Crippen LogP contribution in [0.4, 0.5) is 0 Å². The maximum absolute atomic E-state index is 12.6. The number of amides is 2. The predicted octanol–water partition coefficient (Wildman–Crippen LogP) is 4.49. The van der Waals surface area contributed by atoms with E-state index >= 15 is 0 Å². The lowest BCUT2D eigenvalue weighted by molar-refractivity contribution is -0.121. The molecule has 154 valence electrons. The van der Waals surface area contributed by atoms with Gasteiger partial charge in [-0.15, -0.1) is 0 Å². The number of halogens is 1. The first-order valence-corrected chi connectivity index (χ1v) is 10.5. The number of ether oxygens (including phenoxy) is 1. The number of hydrogen-bond donors (Lipinski definition) is 2. The van der Waals surface area contributed by atoms with Gasteiger partial charge in [0.15, 0.2) is 0 Å². The van der Waals surface area contributed by atoms with Crippen LogP contribution in [0.5, 0.6) is 5.75 Å². The Morgan fingerprint density at radius 2 is 1.72 bits per heavy atom. The van der Waals surface area contributed by atoms with Crippen LogP contribution in [0.25, 0.3) is 0 Å². The summed E-state index contributed by atoms with van der Waals surface area (Å²) in [7, 11) is 0. The van der Waals surface area contributed by atoms with Crippen LogP contribution in [-0.2, 0) is 11.4 Å². The van der Waals surface area contributed by atoms with E-state index in [1.165, 1.54) is 19.3 Å². The lowest BCUT2D eigenvalue weighted by atomic mass is 9.95. The molecule has 5 nitrogen and oxygen atoms in total. The molecule has 0 radical (unpaired) electrons. The first-order valence-electron chi connectivity index (χ1n) is 10.2. The topological polar surface area (TPSA) is 67.4 Å². The second-order valence-electron chi connectivity index (χ2n) is 7.32. The molecule has 0 atom stereocenters. The average molecular weight is 415 g/mol. The number of para-hydroxylation sites is 1. The van der Waals surface area contributed by atoms with E-state index in [0.29, 0.717) is 29.5 Å². The first-order chi connectivity index (χ1) is 14.1. The molecule has 0 saturated heterocycles. The molecule has 2 aromatic carbocycles. The van der Waals surface area contributed by atoms with Crippen LogP contribution in [0.1, 0.15) is 54.4 Å². The van der Waals surface area contributed by atoms with Gasteiger partial charge in [0, 0.05) is 24.0 Å². The van der Waals surface area contributed by atoms with Crippen molar-refractivity contribution < 1.29 is 14.3 Å². The van der Waals surface area contributed by atoms with Crippen molar-refractivity contribution in [1.82, 2.24) is 10.6 Å². The van der Waals surface area contributed by atoms with E-state index in [1.54, 1.807) is 30.3 Å². The normalized spacial score (nSPS) is 14.2. The number of carbonyl (C=O) groups excluding carboxylic acids is 2. The molecule has 1 fully saturated rings. The van der Waals surface area contributed by atoms with E-state index in [0.717, 1.165) is 18.4 Å². The Bertz CT molecular complexity index is 817. The molecule has 0 spiro atoms. The number of hydrogen-bond acceptors (Lipinski definition) is 3. The van der Waals surface area contributed by atoms with Crippen molar-refractivity contribution in [1.29, 1.82) is 0 Å². The van der Waals surface area contributed by atoms with Gasteiger partial charge in [0.1, 0.15) is 12.4 Å². The van der Waals surface area contributed by atoms with Crippen LogP contribution in [-0.4, -0.2) is 24.4 Å². The molecular weight excluding hydrogens is 388 g/mol. The summed E-state index contributed by atoms with van der Waals surface area (Å²) in [5.41, 5.74) is 1.41. The average Bonchev–Trinajstić information content (AvgIpc) is 2.74. The van der Waals surface area contributed by atoms with Crippen molar-refractivity contribution >= 4 is 23.4 Å². The Hall–Kier alpha value is -2.53. The van der Waals surface area contributed by atoms with Crippen LogP contribution in [0.3, 0.4) is 0 Å².